The van der Waals surface area contributed by atoms with Gasteiger partial charge in [-0.1, -0.05) is 15.9 Å². The van der Waals surface area contributed by atoms with E-state index >= 15 is 0 Å². The van der Waals surface area contributed by atoms with Crippen LogP contribution in [0.15, 0.2) is 0 Å². The van der Waals surface area contributed by atoms with Crippen molar-refractivity contribution in [3.8, 4) is 0 Å². The molecule has 120 valence electrons. The number of ether oxygens (including phenoxy) is 4. The zero-order chi connectivity index (χ0) is 16.4. The summed E-state index contributed by atoms with van der Waals surface area (Å²) in [5.74, 6) is -1.87. The van der Waals surface area contributed by atoms with E-state index in [4.69, 9.17) is 18.9 Å². The minimum atomic E-state index is -1.12. The Labute approximate surface area is 130 Å². The zero-order valence-electron chi connectivity index (χ0n) is 11.9. The first-order valence-corrected chi connectivity index (χ1v) is 7.06. The lowest BCUT2D eigenvalue weighted by Crippen LogP contribution is -2.47. The van der Waals surface area contributed by atoms with E-state index in [1.54, 1.807) is 0 Å². The van der Waals surface area contributed by atoms with Crippen LogP contribution in [-0.4, -0.2) is 54.6 Å². The number of rotatable bonds is 9. The molecule has 0 aromatic rings. The van der Waals surface area contributed by atoms with E-state index < -0.39 is 36.2 Å². The van der Waals surface area contributed by atoms with E-state index in [-0.39, 0.29) is 18.4 Å². The molecule has 21 heavy (non-hydrogen) atoms. The van der Waals surface area contributed by atoms with E-state index in [1.807, 2.05) is 0 Å². The van der Waals surface area contributed by atoms with Crippen molar-refractivity contribution < 1.29 is 38.1 Å². The number of alkyl halides is 1. The molecule has 0 fully saturated rings. The van der Waals surface area contributed by atoms with Crippen molar-refractivity contribution in [2.24, 2.45) is 0 Å². The maximum absolute atomic E-state index is 11.2. The normalized spacial score (nSPS) is 14.3. The molecule has 0 N–H and O–H groups in total. The first-order chi connectivity index (χ1) is 9.81. The van der Waals surface area contributed by atoms with Crippen molar-refractivity contribution in [1.29, 1.82) is 0 Å². The first kappa shape index (κ1) is 19.4. The summed E-state index contributed by atoms with van der Waals surface area (Å²) >= 11 is 3.11. The van der Waals surface area contributed by atoms with Crippen LogP contribution in [0.25, 0.3) is 0 Å². The van der Waals surface area contributed by atoms with Gasteiger partial charge in [0, 0.05) is 26.1 Å². The number of esters is 3. The lowest BCUT2D eigenvalue weighted by Gasteiger charge is -2.30. The van der Waals surface area contributed by atoms with Gasteiger partial charge in [0.1, 0.15) is 6.61 Å². The molecule has 0 aromatic heterocycles. The van der Waals surface area contributed by atoms with Gasteiger partial charge in [-0.2, -0.15) is 0 Å². The van der Waals surface area contributed by atoms with E-state index in [2.05, 4.69) is 15.9 Å². The summed E-state index contributed by atoms with van der Waals surface area (Å²) < 4.78 is 19.5. The molecule has 0 spiro atoms. The summed E-state index contributed by atoms with van der Waals surface area (Å²) in [4.78, 5) is 43.7. The fourth-order valence-corrected chi connectivity index (χ4v) is 1.97. The third-order valence-corrected chi connectivity index (χ3v) is 2.82. The van der Waals surface area contributed by atoms with E-state index in [9.17, 15) is 19.2 Å². The largest absolute Gasteiger partial charge is 0.462 e. The van der Waals surface area contributed by atoms with Crippen molar-refractivity contribution in [3.63, 3.8) is 0 Å². The fraction of sp³-hybridized carbons (Fsp3) is 0.667. The molecule has 0 rings (SSSR count). The van der Waals surface area contributed by atoms with Gasteiger partial charge in [0.05, 0.1) is 0 Å². The highest BCUT2D eigenvalue weighted by molar-refractivity contribution is 9.09. The predicted molar refractivity (Wildman–Crippen MR) is 72.5 cm³/mol. The van der Waals surface area contributed by atoms with Gasteiger partial charge in [0.25, 0.3) is 6.47 Å². The highest BCUT2D eigenvalue weighted by Gasteiger charge is 2.36. The van der Waals surface area contributed by atoms with Crippen molar-refractivity contribution in [1.82, 2.24) is 0 Å². The Morgan fingerprint density at radius 2 is 1.57 bits per heavy atom. The molecule has 3 atom stereocenters. The SMILES string of the molecule is CC(=O)OC[C@@H](OC=O)[C@@H](OC(C)=O)[C@@H](CBr)OC(C)=O. The Balaban J connectivity index is 5.16. The summed E-state index contributed by atoms with van der Waals surface area (Å²) in [6.07, 6.45) is -3.13. The van der Waals surface area contributed by atoms with Crippen LogP contribution in [0.5, 0.6) is 0 Å². The van der Waals surface area contributed by atoms with Gasteiger partial charge in [0.15, 0.2) is 18.3 Å². The Morgan fingerprint density at radius 3 is 1.95 bits per heavy atom. The number of carbonyl (C=O) groups is 4. The molecule has 0 saturated carbocycles. The second-order valence-corrected chi connectivity index (χ2v) is 4.60. The van der Waals surface area contributed by atoms with Gasteiger partial charge in [-0.25, -0.2) is 0 Å². The highest BCUT2D eigenvalue weighted by atomic mass is 79.9. The molecular weight excluding hydrogens is 352 g/mol. The topological polar surface area (TPSA) is 105 Å². The van der Waals surface area contributed by atoms with Gasteiger partial charge in [-0.15, -0.1) is 0 Å². The number of hydrogen-bond acceptors (Lipinski definition) is 8. The molecule has 0 saturated heterocycles. The molecule has 0 aliphatic rings. The molecule has 0 aromatic carbocycles. The molecule has 8 nitrogen and oxygen atoms in total. The van der Waals surface area contributed by atoms with Crippen LogP contribution < -0.4 is 0 Å². The molecule has 0 heterocycles. The van der Waals surface area contributed by atoms with Gasteiger partial charge in [-0.05, 0) is 0 Å². The zero-order valence-corrected chi connectivity index (χ0v) is 13.5. The van der Waals surface area contributed by atoms with Crippen LogP contribution >= 0.6 is 15.9 Å². The van der Waals surface area contributed by atoms with Crippen LogP contribution in [0.1, 0.15) is 20.8 Å². The maximum Gasteiger partial charge on any atom is 0.303 e. The van der Waals surface area contributed by atoms with Crippen LogP contribution in [-0.2, 0) is 38.1 Å². The predicted octanol–water partition coefficient (Wildman–Crippen LogP) is 0.349. The summed E-state index contributed by atoms with van der Waals surface area (Å²) in [6.45, 7) is 3.30. The first-order valence-electron chi connectivity index (χ1n) is 5.94. The molecule has 0 aliphatic heterocycles. The van der Waals surface area contributed by atoms with Gasteiger partial charge in [0.2, 0.25) is 0 Å². The highest BCUT2D eigenvalue weighted by Crippen LogP contribution is 2.16. The summed E-state index contributed by atoms with van der Waals surface area (Å²) in [5, 5.41) is 0.128. The van der Waals surface area contributed by atoms with Crippen molar-refractivity contribution in [2.75, 3.05) is 11.9 Å². The number of carbonyl (C=O) groups excluding carboxylic acids is 4. The second-order valence-electron chi connectivity index (χ2n) is 3.95. The minimum Gasteiger partial charge on any atom is -0.462 e. The monoisotopic (exact) mass is 368 g/mol. The van der Waals surface area contributed by atoms with Gasteiger partial charge < -0.3 is 18.9 Å². The van der Waals surface area contributed by atoms with Crippen LogP contribution in [0.2, 0.25) is 0 Å². The Bertz CT molecular complexity index is 383. The molecule has 0 aliphatic carbocycles. The van der Waals surface area contributed by atoms with Crippen LogP contribution in [0.3, 0.4) is 0 Å². The summed E-state index contributed by atoms with van der Waals surface area (Å²) in [6, 6.07) is 0. The van der Waals surface area contributed by atoms with Crippen molar-refractivity contribution in [2.45, 2.75) is 39.1 Å². The van der Waals surface area contributed by atoms with Crippen molar-refractivity contribution >= 4 is 40.3 Å². The van der Waals surface area contributed by atoms with Crippen LogP contribution in [0, 0.1) is 0 Å². The number of hydrogen-bond donors (Lipinski definition) is 0. The van der Waals surface area contributed by atoms with E-state index in [1.165, 1.54) is 13.8 Å². The molecular formula is C12H17BrO8. The number of halogens is 1. The lowest BCUT2D eigenvalue weighted by atomic mass is 10.1. The Kier molecular flexibility index (Phi) is 9.35. The van der Waals surface area contributed by atoms with Crippen LogP contribution in [0.4, 0.5) is 0 Å². The van der Waals surface area contributed by atoms with Gasteiger partial charge >= 0.3 is 17.9 Å². The maximum atomic E-state index is 11.2. The average Bonchev–Trinajstić information content (AvgIpc) is 2.38. The third-order valence-electron chi connectivity index (χ3n) is 2.19. The molecule has 9 heteroatoms. The Hall–Kier alpha value is -1.64. The van der Waals surface area contributed by atoms with E-state index in [0.717, 1.165) is 6.92 Å². The molecule has 0 bridgehead atoms. The van der Waals surface area contributed by atoms with E-state index in [0.29, 0.717) is 0 Å². The summed E-state index contributed by atoms with van der Waals surface area (Å²) in [7, 11) is 0. The quantitative estimate of drug-likeness (QED) is 0.248. The molecule has 0 unspecified atom stereocenters. The third kappa shape index (κ3) is 8.28. The Morgan fingerprint density at radius 1 is 1.00 bits per heavy atom. The molecule has 0 radical (unpaired) electrons. The molecule has 0 amide bonds. The lowest BCUT2D eigenvalue weighted by molar-refractivity contribution is -0.183. The van der Waals surface area contributed by atoms with Crippen molar-refractivity contribution in [3.05, 3.63) is 0 Å². The average molecular weight is 369 g/mol. The van der Waals surface area contributed by atoms with Gasteiger partial charge in [-0.3, -0.25) is 19.2 Å². The second kappa shape index (κ2) is 10.1. The summed E-state index contributed by atoms with van der Waals surface area (Å²) in [5.41, 5.74) is 0. The smallest absolute Gasteiger partial charge is 0.303 e. The fourth-order valence-electron chi connectivity index (χ4n) is 1.46. The standard InChI is InChI=1S/C12H17BrO8/c1-7(15)18-5-11(19-6-14)12(21-9(3)17)10(4-13)20-8(2)16/h6,10-12H,4-5H2,1-3H3/t10-,11-,12+/m1/s1. The minimum absolute atomic E-state index is 0.128.